The van der Waals surface area contributed by atoms with Crippen molar-refractivity contribution in [3.05, 3.63) is 64.6 Å². The predicted octanol–water partition coefficient (Wildman–Crippen LogP) is 6.85. The number of pyridine rings is 2. The molecular formula is C29H31FN2O4. The Morgan fingerprint density at radius 2 is 1.75 bits per heavy atom. The Kier molecular flexibility index (Phi) is 6.71. The van der Waals surface area contributed by atoms with E-state index in [1.807, 2.05) is 72.7 Å². The molecule has 0 aliphatic carbocycles. The Labute approximate surface area is 210 Å². The van der Waals surface area contributed by atoms with E-state index < -0.39 is 23.5 Å². The van der Waals surface area contributed by atoms with Crippen molar-refractivity contribution in [2.75, 3.05) is 6.61 Å². The van der Waals surface area contributed by atoms with Gasteiger partial charge in [0.1, 0.15) is 5.82 Å². The standard InChI is InChI=1S/C29H31FN2O4/c1-8-35-27-20-13-19(30)14-31-25(20)23-16(3)21(18-11-9-15(2)10-12-18)22(17(4)24(23)32-27)26(28(33)34)36-29(5,6)7/h9-14,26H,8H2,1-7H3,(H,33,34)/t26-/m0/s1. The molecule has 2 aromatic carbocycles. The zero-order valence-electron chi connectivity index (χ0n) is 21.7. The number of carbonyl (C=O) groups is 1. The first-order valence-corrected chi connectivity index (χ1v) is 12.0. The van der Waals surface area contributed by atoms with Crippen molar-refractivity contribution in [1.82, 2.24) is 9.97 Å². The largest absolute Gasteiger partial charge is 0.479 e. The Balaban J connectivity index is 2.22. The first-order valence-electron chi connectivity index (χ1n) is 12.0. The van der Waals surface area contributed by atoms with Crippen LogP contribution in [0, 0.1) is 26.6 Å². The van der Waals surface area contributed by atoms with Gasteiger partial charge in [-0.05, 0) is 76.8 Å². The summed E-state index contributed by atoms with van der Waals surface area (Å²) in [6, 6.07) is 9.29. The second kappa shape index (κ2) is 9.47. The smallest absolute Gasteiger partial charge is 0.337 e. The van der Waals surface area contributed by atoms with Crippen LogP contribution in [-0.2, 0) is 9.53 Å². The van der Waals surface area contributed by atoms with E-state index in [9.17, 15) is 14.3 Å². The van der Waals surface area contributed by atoms with Gasteiger partial charge in [0, 0.05) is 10.9 Å². The maximum atomic E-state index is 14.2. The topological polar surface area (TPSA) is 81.5 Å². The normalized spacial score (nSPS) is 12.8. The quantitative estimate of drug-likeness (QED) is 0.298. The van der Waals surface area contributed by atoms with E-state index >= 15 is 0 Å². The predicted molar refractivity (Wildman–Crippen MR) is 139 cm³/mol. The molecule has 0 unspecified atom stereocenters. The highest BCUT2D eigenvalue weighted by Crippen LogP contribution is 2.44. The third kappa shape index (κ3) is 4.63. The molecule has 0 amide bonds. The third-order valence-electron chi connectivity index (χ3n) is 6.13. The highest BCUT2D eigenvalue weighted by atomic mass is 19.1. The molecule has 6 nitrogen and oxygen atoms in total. The van der Waals surface area contributed by atoms with Crippen LogP contribution in [0.25, 0.3) is 32.9 Å². The third-order valence-corrected chi connectivity index (χ3v) is 6.13. The fourth-order valence-electron chi connectivity index (χ4n) is 4.65. The number of fused-ring (bicyclic) bond motifs is 3. The summed E-state index contributed by atoms with van der Waals surface area (Å²) in [4.78, 5) is 21.8. The molecule has 36 heavy (non-hydrogen) atoms. The fraction of sp³-hybridized carbons (Fsp3) is 0.345. The summed E-state index contributed by atoms with van der Waals surface area (Å²) in [7, 11) is 0. The Morgan fingerprint density at radius 3 is 2.33 bits per heavy atom. The van der Waals surface area contributed by atoms with E-state index in [2.05, 4.69) is 4.98 Å². The lowest BCUT2D eigenvalue weighted by molar-refractivity contribution is -0.160. The first-order chi connectivity index (χ1) is 16.9. The molecule has 7 heteroatoms. The minimum Gasteiger partial charge on any atom is -0.479 e. The summed E-state index contributed by atoms with van der Waals surface area (Å²) >= 11 is 0. The van der Waals surface area contributed by atoms with Gasteiger partial charge in [-0.2, -0.15) is 0 Å². The Bertz CT molecular complexity index is 1470. The lowest BCUT2D eigenvalue weighted by atomic mass is 9.85. The van der Waals surface area contributed by atoms with Crippen molar-refractivity contribution in [3.63, 3.8) is 0 Å². The van der Waals surface area contributed by atoms with Crippen molar-refractivity contribution in [3.8, 4) is 17.0 Å². The van der Waals surface area contributed by atoms with Crippen LogP contribution in [-0.4, -0.2) is 33.3 Å². The molecule has 2 heterocycles. The van der Waals surface area contributed by atoms with E-state index in [1.54, 1.807) is 0 Å². The molecule has 0 saturated carbocycles. The van der Waals surface area contributed by atoms with Gasteiger partial charge in [0.05, 0.1) is 34.8 Å². The van der Waals surface area contributed by atoms with Gasteiger partial charge in [0.2, 0.25) is 5.88 Å². The number of aryl methyl sites for hydroxylation is 3. The van der Waals surface area contributed by atoms with Gasteiger partial charge in [-0.25, -0.2) is 14.2 Å². The highest BCUT2D eigenvalue weighted by Gasteiger charge is 2.33. The van der Waals surface area contributed by atoms with Gasteiger partial charge in [0.25, 0.3) is 0 Å². The minimum atomic E-state index is -1.24. The van der Waals surface area contributed by atoms with Crippen molar-refractivity contribution in [1.29, 1.82) is 0 Å². The number of halogens is 1. The molecule has 0 bridgehead atoms. The summed E-state index contributed by atoms with van der Waals surface area (Å²) in [6.45, 7) is 13.4. The first kappa shape index (κ1) is 25.5. The molecule has 0 spiro atoms. The highest BCUT2D eigenvalue weighted by molar-refractivity contribution is 6.11. The van der Waals surface area contributed by atoms with Gasteiger partial charge in [-0.3, -0.25) is 4.98 Å². The number of hydrogen-bond donors (Lipinski definition) is 1. The van der Waals surface area contributed by atoms with Gasteiger partial charge >= 0.3 is 5.97 Å². The van der Waals surface area contributed by atoms with Crippen molar-refractivity contribution in [2.24, 2.45) is 0 Å². The number of aromatic nitrogens is 2. The van der Waals surface area contributed by atoms with Crippen molar-refractivity contribution < 1.29 is 23.8 Å². The fourth-order valence-corrected chi connectivity index (χ4v) is 4.65. The molecule has 1 N–H and O–H groups in total. The molecule has 188 valence electrons. The molecule has 0 aliphatic rings. The van der Waals surface area contributed by atoms with Gasteiger partial charge < -0.3 is 14.6 Å². The van der Waals surface area contributed by atoms with E-state index in [-0.39, 0.29) is 5.88 Å². The average Bonchev–Trinajstić information content (AvgIpc) is 2.80. The van der Waals surface area contributed by atoms with E-state index in [0.717, 1.165) is 27.6 Å². The van der Waals surface area contributed by atoms with Crippen LogP contribution in [0.15, 0.2) is 36.5 Å². The number of ether oxygens (including phenoxy) is 2. The van der Waals surface area contributed by atoms with Crippen LogP contribution >= 0.6 is 0 Å². The van der Waals surface area contributed by atoms with Crippen molar-refractivity contribution in [2.45, 2.75) is 60.2 Å². The van der Waals surface area contributed by atoms with Crippen LogP contribution in [0.5, 0.6) is 5.88 Å². The van der Waals surface area contributed by atoms with Crippen LogP contribution in [0.3, 0.4) is 0 Å². The summed E-state index contributed by atoms with van der Waals surface area (Å²) in [5.41, 5.74) is 5.04. The summed E-state index contributed by atoms with van der Waals surface area (Å²) in [6.07, 6.45) is -0.0623. The maximum Gasteiger partial charge on any atom is 0.337 e. The summed E-state index contributed by atoms with van der Waals surface area (Å²) in [5, 5.41) is 11.5. The Morgan fingerprint density at radius 1 is 1.08 bits per heavy atom. The molecule has 0 aliphatic heterocycles. The molecule has 1 atom stereocenters. The zero-order valence-corrected chi connectivity index (χ0v) is 21.7. The molecule has 0 fully saturated rings. The van der Waals surface area contributed by atoms with Gasteiger partial charge in [-0.1, -0.05) is 29.8 Å². The number of benzene rings is 2. The number of hydrogen-bond acceptors (Lipinski definition) is 5. The number of carboxylic acid groups (broad SMARTS) is 1. The minimum absolute atomic E-state index is 0.257. The second-order valence-electron chi connectivity index (χ2n) is 9.98. The lowest BCUT2D eigenvalue weighted by Crippen LogP contribution is -2.28. The molecule has 2 aromatic heterocycles. The molecule has 0 radical (unpaired) electrons. The van der Waals surface area contributed by atoms with E-state index in [1.165, 1.54) is 12.3 Å². The summed E-state index contributed by atoms with van der Waals surface area (Å²) < 4.78 is 26.1. The average molecular weight is 491 g/mol. The molecular weight excluding hydrogens is 459 g/mol. The van der Waals surface area contributed by atoms with Crippen LogP contribution in [0.1, 0.15) is 56.1 Å². The number of aliphatic carboxylic acids is 1. The maximum absolute atomic E-state index is 14.2. The molecule has 0 saturated heterocycles. The number of nitrogens with zero attached hydrogens (tertiary/aromatic N) is 2. The van der Waals surface area contributed by atoms with Crippen LogP contribution in [0.4, 0.5) is 4.39 Å². The Hall–Kier alpha value is -3.58. The number of carboxylic acids is 1. The van der Waals surface area contributed by atoms with Crippen LogP contribution in [0.2, 0.25) is 0 Å². The SMILES string of the molecule is CCOc1nc2c(C)c([C@H](OC(C)(C)C)C(=O)O)c(-c3ccc(C)cc3)c(C)c2c2ncc(F)cc12. The van der Waals surface area contributed by atoms with Gasteiger partial charge in [-0.15, -0.1) is 0 Å². The molecule has 4 aromatic rings. The second-order valence-corrected chi connectivity index (χ2v) is 9.98. The van der Waals surface area contributed by atoms with Crippen LogP contribution < -0.4 is 4.74 Å². The van der Waals surface area contributed by atoms with E-state index in [4.69, 9.17) is 14.5 Å². The monoisotopic (exact) mass is 490 g/mol. The van der Waals surface area contributed by atoms with E-state index in [0.29, 0.717) is 34.2 Å². The molecule has 4 rings (SSSR count). The number of rotatable bonds is 6. The summed E-state index contributed by atoms with van der Waals surface area (Å²) in [5.74, 6) is -1.32. The zero-order chi connectivity index (χ0) is 26.4. The lowest BCUT2D eigenvalue weighted by Gasteiger charge is -2.29. The van der Waals surface area contributed by atoms with Crippen molar-refractivity contribution >= 4 is 27.8 Å². The van der Waals surface area contributed by atoms with Gasteiger partial charge in [0.15, 0.2) is 6.10 Å².